The van der Waals surface area contributed by atoms with Crippen LogP contribution >= 0.6 is 0 Å². The minimum absolute atomic E-state index is 0.0483. The predicted octanol–water partition coefficient (Wildman–Crippen LogP) is 0.526. The Bertz CT molecular complexity index is 128. The molecule has 0 radical (unpaired) electrons. The van der Waals surface area contributed by atoms with Gasteiger partial charge >= 0.3 is 5.97 Å². The molecule has 12 heavy (non-hydrogen) atoms. The van der Waals surface area contributed by atoms with Gasteiger partial charge in [-0.05, 0) is 6.42 Å². The monoisotopic (exact) mass is 174 g/mol. The van der Waals surface area contributed by atoms with Crippen LogP contribution in [-0.4, -0.2) is 23.8 Å². The molecule has 0 aliphatic rings. The molecule has 72 valence electrons. The Labute approximate surface area is 73.1 Å². The quantitative estimate of drug-likeness (QED) is 0.388. The van der Waals surface area contributed by atoms with E-state index in [-0.39, 0.29) is 12.7 Å². The maximum absolute atomic E-state index is 10.1. The first-order chi connectivity index (χ1) is 5.66. The van der Waals surface area contributed by atoms with Crippen LogP contribution < -0.4 is 11.1 Å². The molecule has 0 aromatic rings. The minimum Gasteiger partial charge on any atom is -0.480 e. The normalized spacial score (nSPS) is 12.8. The first-order valence-corrected chi connectivity index (χ1v) is 4.37. The number of nitrogens with one attached hydrogen (secondary N) is 1. The van der Waals surface area contributed by atoms with Crippen molar-refractivity contribution < 1.29 is 9.90 Å². The van der Waals surface area contributed by atoms with Crippen molar-refractivity contribution >= 4 is 5.97 Å². The summed E-state index contributed by atoms with van der Waals surface area (Å²) in [5.41, 5.74) is 5.59. The maximum Gasteiger partial charge on any atom is 0.317 e. The van der Waals surface area contributed by atoms with E-state index in [0.29, 0.717) is 0 Å². The van der Waals surface area contributed by atoms with Gasteiger partial charge in [0.05, 0.1) is 12.7 Å². The number of rotatable bonds is 7. The predicted molar refractivity (Wildman–Crippen MR) is 47.8 cm³/mol. The van der Waals surface area contributed by atoms with Gasteiger partial charge in [0.2, 0.25) is 0 Å². The first-order valence-electron chi connectivity index (χ1n) is 4.37. The van der Waals surface area contributed by atoms with Crippen molar-refractivity contribution in [2.24, 2.45) is 5.73 Å². The molecule has 0 heterocycles. The van der Waals surface area contributed by atoms with Crippen molar-refractivity contribution in [1.29, 1.82) is 0 Å². The van der Waals surface area contributed by atoms with Gasteiger partial charge in [0.25, 0.3) is 0 Å². The summed E-state index contributed by atoms with van der Waals surface area (Å²) in [7, 11) is 0. The van der Waals surface area contributed by atoms with E-state index in [2.05, 4.69) is 12.2 Å². The van der Waals surface area contributed by atoms with Gasteiger partial charge in [-0.3, -0.25) is 10.1 Å². The van der Waals surface area contributed by atoms with Crippen LogP contribution in [-0.2, 0) is 4.79 Å². The van der Waals surface area contributed by atoms with Crippen LogP contribution in [0.4, 0.5) is 0 Å². The highest BCUT2D eigenvalue weighted by atomic mass is 16.4. The highest BCUT2D eigenvalue weighted by Crippen LogP contribution is 1.99. The zero-order chi connectivity index (χ0) is 9.40. The van der Waals surface area contributed by atoms with E-state index in [1.54, 1.807) is 0 Å². The molecule has 0 aromatic carbocycles. The second-order valence-electron chi connectivity index (χ2n) is 2.88. The first kappa shape index (κ1) is 11.4. The lowest BCUT2D eigenvalue weighted by molar-refractivity contribution is -0.136. The van der Waals surface area contributed by atoms with Crippen molar-refractivity contribution in [3.63, 3.8) is 0 Å². The zero-order valence-corrected chi connectivity index (χ0v) is 7.55. The van der Waals surface area contributed by atoms with E-state index >= 15 is 0 Å². The van der Waals surface area contributed by atoms with Gasteiger partial charge in [0, 0.05) is 0 Å². The second-order valence-corrected chi connectivity index (χ2v) is 2.88. The van der Waals surface area contributed by atoms with Crippen molar-refractivity contribution in [2.75, 3.05) is 6.54 Å². The highest BCUT2D eigenvalue weighted by Gasteiger charge is 2.02. The Balaban J connectivity index is 3.21. The summed E-state index contributed by atoms with van der Waals surface area (Å²) in [5, 5.41) is 11.0. The fourth-order valence-electron chi connectivity index (χ4n) is 0.935. The highest BCUT2D eigenvalue weighted by molar-refractivity contribution is 5.69. The van der Waals surface area contributed by atoms with Gasteiger partial charge in [-0.2, -0.15) is 0 Å². The number of hydrogen-bond acceptors (Lipinski definition) is 3. The Morgan fingerprint density at radius 3 is 2.75 bits per heavy atom. The van der Waals surface area contributed by atoms with Crippen LogP contribution in [0.1, 0.15) is 32.6 Å². The Hall–Kier alpha value is -0.610. The molecule has 4 nitrogen and oxygen atoms in total. The number of aliphatic carboxylic acids is 1. The zero-order valence-electron chi connectivity index (χ0n) is 7.55. The lowest BCUT2D eigenvalue weighted by Gasteiger charge is -2.10. The maximum atomic E-state index is 10.1. The van der Waals surface area contributed by atoms with Crippen molar-refractivity contribution in [3.05, 3.63) is 0 Å². The van der Waals surface area contributed by atoms with Crippen molar-refractivity contribution in [2.45, 2.75) is 38.8 Å². The summed E-state index contributed by atoms with van der Waals surface area (Å²) in [6.07, 6.45) is 4.05. The lowest BCUT2D eigenvalue weighted by Crippen LogP contribution is -2.40. The van der Waals surface area contributed by atoms with Crippen molar-refractivity contribution in [3.8, 4) is 0 Å². The van der Waals surface area contributed by atoms with Gasteiger partial charge in [-0.25, -0.2) is 0 Å². The standard InChI is InChI=1S/C8H18N2O2/c1-2-3-4-5-7(9)10-6-8(11)12/h7,10H,2-6,9H2,1H3,(H,11,12). The van der Waals surface area contributed by atoms with Crippen LogP contribution in [0.15, 0.2) is 0 Å². The van der Waals surface area contributed by atoms with Crippen LogP contribution in [0.2, 0.25) is 0 Å². The molecule has 0 saturated carbocycles. The van der Waals surface area contributed by atoms with E-state index in [1.165, 1.54) is 0 Å². The smallest absolute Gasteiger partial charge is 0.317 e. The largest absolute Gasteiger partial charge is 0.480 e. The van der Waals surface area contributed by atoms with E-state index in [1.807, 2.05) is 0 Å². The van der Waals surface area contributed by atoms with Crippen LogP contribution in [0.5, 0.6) is 0 Å². The summed E-state index contributed by atoms with van der Waals surface area (Å²) in [6.45, 7) is 2.07. The summed E-state index contributed by atoms with van der Waals surface area (Å²) in [5.74, 6) is -0.860. The molecule has 0 aliphatic heterocycles. The molecule has 0 rings (SSSR count). The summed E-state index contributed by atoms with van der Waals surface area (Å²) in [6, 6.07) is 0. The average molecular weight is 174 g/mol. The Kier molecular flexibility index (Phi) is 6.70. The van der Waals surface area contributed by atoms with E-state index in [4.69, 9.17) is 10.8 Å². The number of nitrogens with two attached hydrogens (primary N) is 1. The van der Waals surface area contributed by atoms with Gasteiger partial charge in [-0.1, -0.05) is 26.2 Å². The molecule has 4 heteroatoms. The minimum atomic E-state index is -0.860. The molecular weight excluding hydrogens is 156 g/mol. The molecule has 0 aliphatic carbocycles. The number of carbonyl (C=O) groups is 1. The van der Waals surface area contributed by atoms with E-state index < -0.39 is 5.97 Å². The van der Waals surface area contributed by atoms with E-state index in [0.717, 1.165) is 25.7 Å². The molecule has 1 atom stereocenters. The molecule has 0 saturated heterocycles. The molecule has 0 spiro atoms. The van der Waals surface area contributed by atoms with Crippen LogP contribution in [0, 0.1) is 0 Å². The number of hydrogen-bond donors (Lipinski definition) is 3. The summed E-state index contributed by atoms with van der Waals surface area (Å²) >= 11 is 0. The molecule has 0 fully saturated rings. The third-order valence-corrected chi connectivity index (χ3v) is 1.63. The number of unbranched alkanes of at least 4 members (excludes halogenated alkanes) is 2. The molecule has 0 bridgehead atoms. The molecule has 4 N–H and O–H groups in total. The Morgan fingerprint density at radius 2 is 2.25 bits per heavy atom. The number of carboxylic acid groups (broad SMARTS) is 1. The topological polar surface area (TPSA) is 75.3 Å². The molecular formula is C8H18N2O2. The van der Waals surface area contributed by atoms with Crippen molar-refractivity contribution in [1.82, 2.24) is 5.32 Å². The van der Waals surface area contributed by atoms with E-state index in [9.17, 15) is 4.79 Å². The Morgan fingerprint density at radius 1 is 1.58 bits per heavy atom. The summed E-state index contributed by atoms with van der Waals surface area (Å²) < 4.78 is 0. The molecule has 0 amide bonds. The molecule has 0 aromatic heterocycles. The second kappa shape index (κ2) is 7.06. The molecule has 1 unspecified atom stereocenters. The third-order valence-electron chi connectivity index (χ3n) is 1.63. The third kappa shape index (κ3) is 7.50. The summed E-state index contributed by atoms with van der Waals surface area (Å²) in [4.78, 5) is 10.1. The van der Waals surface area contributed by atoms with Gasteiger partial charge in [-0.15, -0.1) is 0 Å². The van der Waals surface area contributed by atoms with Gasteiger partial charge in [0.1, 0.15) is 0 Å². The van der Waals surface area contributed by atoms with Gasteiger partial charge in [0.15, 0.2) is 0 Å². The fourth-order valence-corrected chi connectivity index (χ4v) is 0.935. The van der Waals surface area contributed by atoms with Crippen LogP contribution in [0.25, 0.3) is 0 Å². The average Bonchev–Trinajstić information content (AvgIpc) is 2.01. The fraction of sp³-hybridized carbons (Fsp3) is 0.875. The SMILES string of the molecule is CCCCCC(N)NCC(=O)O. The lowest BCUT2D eigenvalue weighted by atomic mass is 10.2. The van der Waals surface area contributed by atoms with Crippen LogP contribution in [0.3, 0.4) is 0 Å². The number of carboxylic acids is 1. The van der Waals surface area contributed by atoms with Gasteiger partial charge < -0.3 is 10.8 Å².